The number of nitrogens with one attached hydrogen (secondary N) is 1. The molecule has 0 aliphatic heterocycles. The van der Waals surface area contributed by atoms with Crippen LogP contribution in [-0.4, -0.2) is 25.1 Å². The van der Waals surface area contributed by atoms with E-state index in [1.54, 1.807) is 24.3 Å². The van der Waals surface area contributed by atoms with Gasteiger partial charge in [-0.05, 0) is 65.6 Å². The van der Waals surface area contributed by atoms with Crippen molar-refractivity contribution in [3.63, 3.8) is 0 Å². The van der Waals surface area contributed by atoms with E-state index in [0.717, 1.165) is 25.7 Å². The van der Waals surface area contributed by atoms with Crippen molar-refractivity contribution in [3.8, 4) is 5.75 Å². The molecule has 2 aromatic rings. The summed E-state index contributed by atoms with van der Waals surface area (Å²) in [7, 11) is 0. The molecule has 2 aromatic carbocycles. The number of unbranched alkanes of at least 4 members (excludes halogenated alkanes) is 2. The molecular weight excluding hydrogens is 414 g/mol. The van der Waals surface area contributed by atoms with Crippen LogP contribution < -0.4 is 10.1 Å². The number of amides is 1. The topological polar surface area (TPSA) is 64.6 Å². The van der Waals surface area contributed by atoms with Gasteiger partial charge in [0.1, 0.15) is 5.75 Å². The van der Waals surface area contributed by atoms with E-state index in [2.05, 4.69) is 59.0 Å². The SMILES string of the molecule is CCCCCOC(=O)c1ccc(NC(=O)COc2ccc(C(C)(C)CC(C)(C)C)cc2)cc1. The maximum absolute atomic E-state index is 12.3. The van der Waals surface area contributed by atoms with Gasteiger partial charge >= 0.3 is 5.97 Å². The largest absolute Gasteiger partial charge is 0.484 e. The van der Waals surface area contributed by atoms with Crippen molar-refractivity contribution in [1.82, 2.24) is 0 Å². The second kappa shape index (κ2) is 11.9. The maximum Gasteiger partial charge on any atom is 0.338 e. The third-order valence-electron chi connectivity index (χ3n) is 5.36. The maximum atomic E-state index is 12.3. The Bertz CT molecular complexity index is 893. The number of ether oxygens (including phenoxy) is 2. The average molecular weight is 454 g/mol. The molecule has 0 saturated carbocycles. The van der Waals surface area contributed by atoms with Gasteiger partial charge in [-0.15, -0.1) is 0 Å². The molecule has 0 unspecified atom stereocenters. The van der Waals surface area contributed by atoms with E-state index in [1.807, 2.05) is 12.1 Å². The molecule has 0 saturated heterocycles. The molecule has 0 bridgehead atoms. The van der Waals surface area contributed by atoms with Crippen molar-refractivity contribution in [3.05, 3.63) is 59.7 Å². The fourth-order valence-electron chi connectivity index (χ4n) is 4.07. The molecule has 0 atom stereocenters. The lowest BCUT2D eigenvalue weighted by molar-refractivity contribution is -0.118. The van der Waals surface area contributed by atoms with Gasteiger partial charge in [-0.25, -0.2) is 4.79 Å². The Kier molecular flexibility index (Phi) is 9.51. The average Bonchev–Trinajstić information content (AvgIpc) is 2.74. The van der Waals surface area contributed by atoms with Gasteiger partial charge in [0.05, 0.1) is 12.2 Å². The Morgan fingerprint density at radius 2 is 1.52 bits per heavy atom. The van der Waals surface area contributed by atoms with E-state index in [9.17, 15) is 9.59 Å². The lowest BCUT2D eigenvalue weighted by Gasteiger charge is -2.33. The van der Waals surface area contributed by atoms with Crippen LogP contribution in [0.3, 0.4) is 0 Å². The first-order valence-electron chi connectivity index (χ1n) is 11.8. The highest BCUT2D eigenvalue weighted by atomic mass is 16.5. The van der Waals surface area contributed by atoms with E-state index in [4.69, 9.17) is 9.47 Å². The third-order valence-corrected chi connectivity index (χ3v) is 5.36. The van der Waals surface area contributed by atoms with Crippen LogP contribution in [0.25, 0.3) is 0 Å². The number of rotatable bonds is 11. The number of carbonyl (C=O) groups excluding carboxylic acids is 2. The van der Waals surface area contributed by atoms with Crippen molar-refractivity contribution >= 4 is 17.6 Å². The van der Waals surface area contributed by atoms with Crippen molar-refractivity contribution in [2.45, 2.75) is 72.6 Å². The first-order valence-corrected chi connectivity index (χ1v) is 11.8. The first-order chi connectivity index (χ1) is 15.5. The van der Waals surface area contributed by atoms with Crippen LogP contribution in [-0.2, 0) is 14.9 Å². The number of anilines is 1. The van der Waals surface area contributed by atoms with Gasteiger partial charge in [-0.3, -0.25) is 4.79 Å². The van der Waals surface area contributed by atoms with Crippen molar-refractivity contribution in [1.29, 1.82) is 0 Å². The zero-order valence-electron chi connectivity index (χ0n) is 21.0. The minimum Gasteiger partial charge on any atom is -0.484 e. The predicted octanol–water partition coefficient (Wildman–Crippen LogP) is 6.76. The van der Waals surface area contributed by atoms with Gasteiger partial charge in [0, 0.05) is 5.69 Å². The lowest BCUT2D eigenvalue weighted by Crippen LogP contribution is -2.24. The van der Waals surface area contributed by atoms with Crippen LogP contribution in [0, 0.1) is 5.41 Å². The van der Waals surface area contributed by atoms with E-state index in [0.29, 0.717) is 23.6 Å². The Balaban J connectivity index is 1.82. The van der Waals surface area contributed by atoms with Gasteiger partial charge in [0.25, 0.3) is 5.91 Å². The van der Waals surface area contributed by atoms with Crippen LogP contribution in [0.15, 0.2) is 48.5 Å². The molecule has 33 heavy (non-hydrogen) atoms. The molecule has 0 radical (unpaired) electrons. The van der Waals surface area contributed by atoms with E-state index in [-0.39, 0.29) is 29.3 Å². The quantitative estimate of drug-likeness (QED) is 0.301. The van der Waals surface area contributed by atoms with Crippen molar-refractivity contribution < 1.29 is 19.1 Å². The Morgan fingerprint density at radius 1 is 0.879 bits per heavy atom. The van der Waals surface area contributed by atoms with Crippen LogP contribution in [0.4, 0.5) is 5.69 Å². The molecule has 5 nitrogen and oxygen atoms in total. The fraction of sp³-hybridized carbons (Fsp3) is 0.500. The molecule has 1 amide bonds. The number of hydrogen-bond donors (Lipinski definition) is 1. The van der Waals surface area contributed by atoms with Crippen molar-refractivity contribution in [2.24, 2.45) is 5.41 Å². The highest BCUT2D eigenvalue weighted by Crippen LogP contribution is 2.36. The smallest absolute Gasteiger partial charge is 0.338 e. The molecule has 0 heterocycles. The molecule has 1 N–H and O–H groups in total. The Labute approximate surface area is 198 Å². The second-order valence-corrected chi connectivity index (χ2v) is 10.4. The van der Waals surface area contributed by atoms with E-state index >= 15 is 0 Å². The Morgan fingerprint density at radius 3 is 2.09 bits per heavy atom. The summed E-state index contributed by atoms with van der Waals surface area (Å²) in [6.07, 6.45) is 4.06. The van der Waals surface area contributed by atoms with Gasteiger partial charge in [0.2, 0.25) is 0 Å². The van der Waals surface area contributed by atoms with Crippen LogP contribution >= 0.6 is 0 Å². The summed E-state index contributed by atoms with van der Waals surface area (Å²) in [5.74, 6) is 0.0464. The zero-order chi connectivity index (χ0) is 24.5. The highest BCUT2D eigenvalue weighted by Gasteiger charge is 2.27. The predicted molar refractivity (Wildman–Crippen MR) is 134 cm³/mol. The van der Waals surface area contributed by atoms with E-state index in [1.165, 1.54) is 5.56 Å². The third kappa shape index (κ3) is 9.29. The zero-order valence-corrected chi connectivity index (χ0v) is 21.0. The molecular formula is C28H39NO4. The summed E-state index contributed by atoms with van der Waals surface area (Å²) < 4.78 is 10.9. The summed E-state index contributed by atoms with van der Waals surface area (Å²) in [5.41, 5.74) is 2.62. The number of benzene rings is 2. The summed E-state index contributed by atoms with van der Waals surface area (Å²) in [4.78, 5) is 24.3. The minimum absolute atomic E-state index is 0.0578. The fourth-order valence-corrected chi connectivity index (χ4v) is 4.07. The monoisotopic (exact) mass is 453 g/mol. The molecule has 0 fully saturated rings. The van der Waals surface area contributed by atoms with Crippen molar-refractivity contribution in [2.75, 3.05) is 18.5 Å². The molecule has 2 rings (SSSR count). The summed E-state index contributed by atoms with van der Waals surface area (Å²) in [5, 5.41) is 2.78. The van der Waals surface area contributed by atoms with E-state index < -0.39 is 0 Å². The van der Waals surface area contributed by atoms with Crippen LogP contribution in [0.5, 0.6) is 5.75 Å². The molecule has 0 spiro atoms. The highest BCUT2D eigenvalue weighted by molar-refractivity contribution is 5.93. The lowest BCUT2D eigenvalue weighted by atomic mass is 9.72. The molecule has 180 valence electrons. The van der Waals surface area contributed by atoms with Gasteiger partial charge in [0.15, 0.2) is 6.61 Å². The number of hydrogen-bond acceptors (Lipinski definition) is 4. The normalized spacial score (nSPS) is 11.7. The van der Waals surface area contributed by atoms with Crippen LogP contribution in [0.2, 0.25) is 0 Å². The first kappa shape index (κ1) is 26.4. The summed E-state index contributed by atoms with van der Waals surface area (Å²) in [6.45, 7) is 13.7. The summed E-state index contributed by atoms with van der Waals surface area (Å²) in [6, 6.07) is 14.6. The number of carbonyl (C=O) groups is 2. The standard InChI is InChI=1S/C28H39NO4/c1-7-8-9-18-32-26(31)21-10-14-23(15-11-21)29-25(30)19-33-24-16-12-22(13-17-24)28(5,6)20-27(2,3)4/h10-17H,7-9,18-20H2,1-6H3,(H,29,30). The summed E-state index contributed by atoms with van der Waals surface area (Å²) >= 11 is 0. The second-order valence-electron chi connectivity index (χ2n) is 10.4. The molecule has 0 aliphatic carbocycles. The Hall–Kier alpha value is -2.82. The molecule has 0 aromatic heterocycles. The minimum atomic E-state index is -0.346. The van der Waals surface area contributed by atoms with Crippen LogP contribution in [0.1, 0.15) is 83.1 Å². The van der Waals surface area contributed by atoms with Gasteiger partial charge in [-0.1, -0.05) is 66.5 Å². The number of esters is 1. The van der Waals surface area contributed by atoms with Gasteiger partial charge in [-0.2, -0.15) is 0 Å². The molecule has 0 aliphatic rings. The van der Waals surface area contributed by atoms with Gasteiger partial charge < -0.3 is 14.8 Å². The molecule has 5 heteroatoms.